The SMILES string of the molecule is Cc1nc(C)c([C@H](C)N(C)C(=O)[C@H]2CC23CCNCC3)s1. The lowest BCUT2D eigenvalue weighted by atomic mass is 9.91. The van der Waals surface area contributed by atoms with Crippen LogP contribution in [0.2, 0.25) is 0 Å². The van der Waals surface area contributed by atoms with Crippen molar-refractivity contribution >= 4 is 17.2 Å². The van der Waals surface area contributed by atoms with Gasteiger partial charge in [0.1, 0.15) is 0 Å². The van der Waals surface area contributed by atoms with Gasteiger partial charge in [0.05, 0.1) is 16.7 Å². The van der Waals surface area contributed by atoms with Crippen LogP contribution in [0, 0.1) is 25.2 Å². The number of thiazole rings is 1. The first-order valence-corrected chi connectivity index (χ1v) is 8.67. The fourth-order valence-corrected chi connectivity index (χ4v) is 4.74. The summed E-state index contributed by atoms with van der Waals surface area (Å²) in [6.07, 6.45) is 3.40. The molecule has 1 N–H and O–H groups in total. The van der Waals surface area contributed by atoms with Crippen LogP contribution in [0.5, 0.6) is 0 Å². The molecule has 5 heteroatoms. The largest absolute Gasteiger partial charge is 0.338 e. The van der Waals surface area contributed by atoms with E-state index in [0.717, 1.165) is 43.1 Å². The molecule has 2 aliphatic rings. The summed E-state index contributed by atoms with van der Waals surface area (Å²) in [6.45, 7) is 8.32. The summed E-state index contributed by atoms with van der Waals surface area (Å²) >= 11 is 1.71. The fraction of sp³-hybridized carbons (Fsp3) is 0.750. The molecule has 2 heterocycles. The first kappa shape index (κ1) is 15.0. The zero-order valence-electron chi connectivity index (χ0n) is 13.4. The molecule has 0 aromatic carbocycles. The first-order chi connectivity index (χ1) is 9.94. The molecule has 2 atom stereocenters. The van der Waals surface area contributed by atoms with Crippen molar-refractivity contribution in [2.24, 2.45) is 11.3 Å². The highest BCUT2D eigenvalue weighted by atomic mass is 32.1. The highest BCUT2D eigenvalue weighted by Crippen LogP contribution is 2.59. The molecular weight excluding hydrogens is 282 g/mol. The molecule has 1 aliphatic heterocycles. The van der Waals surface area contributed by atoms with E-state index < -0.39 is 0 Å². The minimum Gasteiger partial charge on any atom is -0.338 e. The average Bonchev–Trinajstić information content (AvgIpc) is 3.04. The molecule has 4 nitrogen and oxygen atoms in total. The molecule has 0 radical (unpaired) electrons. The number of carbonyl (C=O) groups excluding carboxylic acids is 1. The Morgan fingerprint density at radius 2 is 2.10 bits per heavy atom. The topological polar surface area (TPSA) is 45.2 Å². The summed E-state index contributed by atoms with van der Waals surface area (Å²) in [5.74, 6) is 0.580. The van der Waals surface area contributed by atoms with E-state index in [2.05, 4.69) is 17.2 Å². The number of carbonyl (C=O) groups is 1. The van der Waals surface area contributed by atoms with Gasteiger partial charge >= 0.3 is 0 Å². The van der Waals surface area contributed by atoms with Gasteiger partial charge in [0, 0.05) is 17.8 Å². The highest BCUT2D eigenvalue weighted by molar-refractivity contribution is 7.11. The van der Waals surface area contributed by atoms with E-state index in [1.807, 2.05) is 25.8 Å². The van der Waals surface area contributed by atoms with Crippen LogP contribution in [0.25, 0.3) is 0 Å². The van der Waals surface area contributed by atoms with E-state index in [1.54, 1.807) is 11.3 Å². The number of hydrogen-bond donors (Lipinski definition) is 1. The zero-order chi connectivity index (χ0) is 15.2. The molecule has 1 aromatic heterocycles. The van der Waals surface area contributed by atoms with Crippen molar-refractivity contribution in [1.29, 1.82) is 0 Å². The van der Waals surface area contributed by atoms with Crippen molar-refractivity contribution in [2.75, 3.05) is 20.1 Å². The molecule has 1 aromatic rings. The Hall–Kier alpha value is -0.940. The van der Waals surface area contributed by atoms with E-state index in [4.69, 9.17) is 0 Å². The molecule has 1 amide bonds. The standard InChI is InChI=1S/C16H25N3OS/c1-10-14(21-12(3)18-10)11(2)19(4)15(20)13-9-16(13)5-7-17-8-6-16/h11,13,17H,5-9H2,1-4H3/t11-,13+/m0/s1. The Morgan fingerprint density at radius 3 is 2.67 bits per heavy atom. The summed E-state index contributed by atoms with van der Waals surface area (Å²) < 4.78 is 0. The minimum absolute atomic E-state index is 0.128. The Morgan fingerprint density at radius 1 is 1.43 bits per heavy atom. The number of aryl methyl sites for hydroxylation is 2. The number of hydrogen-bond acceptors (Lipinski definition) is 4. The second-order valence-corrected chi connectivity index (χ2v) is 7.91. The van der Waals surface area contributed by atoms with Gasteiger partial charge in [0.15, 0.2) is 0 Å². The lowest BCUT2D eigenvalue weighted by Gasteiger charge is -2.28. The molecule has 1 spiro atoms. The normalized spacial score (nSPS) is 24.9. The van der Waals surface area contributed by atoms with E-state index in [1.165, 1.54) is 4.88 Å². The fourth-order valence-electron chi connectivity index (χ4n) is 3.72. The second-order valence-electron chi connectivity index (χ2n) is 6.68. The predicted octanol–water partition coefficient (Wildman–Crippen LogP) is 2.67. The van der Waals surface area contributed by atoms with E-state index in [0.29, 0.717) is 11.3 Å². The van der Waals surface area contributed by atoms with Crippen LogP contribution >= 0.6 is 11.3 Å². The summed E-state index contributed by atoms with van der Waals surface area (Å²) in [7, 11) is 1.95. The van der Waals surface area contributed by atoms with Crippen molar-refractivity contribution in [3.05, 3.63) is 15.6 Å². The van der Waals surface area contributed by atoms with E-state index in [9.17, 15) is 4.79 Å². The van der Waals surface area contributed by atoms with Crippen molar-refractivity contribution in [2.45, 2.75) is 46.1 Å². The molecule has 0 bridgehead atoms. The Labute approximate surface area is 130 Å². The average molecular weight is 307 g/mol. The summed E-state index contributed by atoms with van der Waals surface area (Å²) in [5, 5.41) is 4.48. The van der Waals surface area contributed by atoms with Gasteiger partial charge in [-0.05, 0) is 58.5 Å². The maximum Gasteiger partial charge on any atom is 0.226 e. The monoisotopic (exact) mass is 307 g/mol. The summed E-state index contributed by atoms with van der Waals surface area (Å²) in [5.41, 5.74) is 1.38. The highest BCUT2D eigenvalue weighted by Gasteiger charge is 2.58. The quantitative estimate of drug-likeness (QED) is 0.934. The third-order valence-corrected chi connectivity index (χ3v) is 6.58. The molecule has 0 unspecified atom stereocenters. The smallest absolute Gasteiger partial charge is 0.226 e. The Bertz CT molecular complexity index is 548. The third-order valence-electron chi connectivity index (χ3n) is 5.33. The molecule has 1 saturated heterocycles. The number of aromatic nitrogens is 1. The van der Waals surface area contributed by atoms with Gasteiger partial charge in [0.25, 0.3) is 0 Å². The van der Waals surface area contributed by atoms with Crippen LogP contribution in [-0.4, -0.2) is 35.9 Å². The number of piperidine rings is 1. The van der Waals surface area contributed by atoms with Crippen molar-refractivity contribution < 1.29 is 4.79 Å². The van der Waals surface area contributed by atoms with Crippen molar-refractivity contribution in [1.82, 2.24) is 15.2 Å². The second kappa shape index (κ2) is 5.36. The zero-order valence-corrected chi connectivity index (χ0v) is 14.2. The molecule has 21 heavy (non-hydrogen) atoms. The third kappa shape index (κ3) is 2.61. The maximum atomic E-state index is 12.8. The molecule has 1 saturated carbocycles. The maximum absolute atomic E-state index is 12.8. The van der Waals surface area contributed by atoms with Gasteiger partial charge in [0.2, 0.25) is 5.91 Å². The number of nitrogens with one attached hydrogen (secondary N) is 1. The van der Waals surface area contributed by atoms with Crippen LogP contribution in [0.3, 0.4) is 0 Å². The van der Waals surface area contributed by atoms with Gasteiger partial charge < -0.3 is 10.2 Å². The number of nitrogens with zero attached hydrogens (tertiary/aromatic N) is 2. The molecule has 1 aliphatic carbocycles. The molecular formula is C16H25N3OS. The lowest BCUT2D eigenvalue weighted by molar-refractivity contribution is -0.134. The van der Waals surface area contributed by atoms with Gasteiger partial charge in [-0.3, -0.25) is 4.79 Å². The Balaban J connectivity index is 1.69. The predicted molar refractivity (Wildman–Crippen MR) is 85.4 cm³/mol. The first-order valence-electron chi connectivity index (χ1n) is 7.86. The van der Waals surface area contributed by atoms with Crippen LogP contribution in [0.15, 0.2) is 0 Å². The number of rotatable bonds is 3. The van der Waals surface area contributed by atoms with Gasteiger partial charge in [-0.1, -0.05) is 0 Å². The van der Waals surface area contributed by atoms with Crippen LogP contribution in [0.4, 0.5) is 0 Å². The summed E-state index contributed by atoms with van der Waals surface area (Å²) in [4.78, 5) is 20.5. The molecule has 2 fully saturated rings. The van der Waals surface area contributed by atoms with Gasteiger partial charge in [-0.2, -0.15) is 0 Å². The van der Waals surface area contributed by atoms with Crippen LogP contribution in [-0.2, 0) is 4.79 Å². The van der Waals surface area contributed by atoms with E-state index >= 15 is 0 Å². The number of amides is 1. The van der Waals surface area contributed by atoms with Crippen LogP contribution in [0.1, 0.15) is 47.8 Å². The molecule has 116 valence electrons. The van der Waals surface area contributed by atoms with Gasteiger partial charge in [-0.15, -0.1) is 11.3 Å². The summed E-state index contributed by atoms with van der Waals surface area (Å²) in [6, 6.07) is 0.128. The van der Waals surface area contributed by atoms with Crippen LogP contribution < -0.4 is 5.32 Å². The lowest BCUT2D eigenvalue weighted by Crippen LogP contribution is -2.35. The van der Waals surface area contributed by atoms with Crippen molar-refractivity contribution in [3.8, 4) is 0 Å². The minimum atomic E-state index is 0.128. The molecule has 3 rings (SSSR count). The van der Waals surface area contributed by atoms with Gasteiger partial charge in [-0.25, -0.2) is 4.98 Å². The van der Waals surface area contributed by atoms with E-state index in [-0.39, 0.29) is 12.0 Å². The Kier molecular flexibility index (Phi) is 3.82. The van der Waals surface area contributed by atoms with Crippen molar-refractivity contribution in [3.63, 3.8) is 0 Å².